The molecule has 2 aromatic rings. The van der Waals surface area contributed by atoms with Crippen molar-refractivity contribution < 1.29 is 14.3 Å². The number of ether oxygens (including phenoxy) is 1. The Hall–Kier alpha value is -2.69. The van der Waals surface area contributed by atoms with Crippen molar-refractivity contribution >= 4 is 17.6 Å². The number of anilines is 1. The second kappa shape index (κ2) is 7.36. The van der Waals surface area contributed by atoms with Gasteiger partial charge in [0.25, 0.3) is 5.91 Å². The van der Waals surface area contributed by atoms with Crippen LogP contribution in [0.15, 0.2) is 42.5 Å². The molecule has 5 heteroatoms. The Morgan fingerprint density at radius 1 is 1.14 bits per heavy atom. The van der Waals surface area contributed by atoms with Crippen LogP contribution in [0.25, 0.3) is 0 Å². The van der Waals surface area contributed by atoms with Gasteiger partial charge in [-0.25, -0.2) is 9.78 Å². The van der Waals surface area contributed by atoms with E-state index in [1.807, 2.05) is 19.9 Å². The highest BCUT2D eigenvalue weighted by Gasteiger charge is 2.09. The summed E-state index contributed by atoms with van der Waals surface area (Å²) < 4.78 is 5.04. The Morgan fingerprint density at radius 2 is 1.86 bits per heavy atom. The molecular weight excluding hydrogens is 280 g/mol. The van der Waals surface area contributed by atoms with Crippen LogP contribution in [0.1, 0.15) is 39.9 Å². The van der Waals surface area contributed by atoms with E-state index in [4.69, 9.17) is 4.74 Å². The molecule has 0 unspecified atom stereocenters. The molecule has 0 saturated carbocycles. The number of nitrogens with one attached hydrogen (secondary N) is 1. The van der Waals surface area contributed by atoms with Gasteiger partial charge in [-0.05, 0) is 49.7 Å². The molecule has 0 atom stereocenters. The topological polar surface area (TPSA) is 68.3 Å². The van der Waals surface area contributed by atoms with Gasteiger partial charge >= 0.3 is 5.97 Å². The van der Waals surface area contributed by atoms with Gasteiger partial charge in [-0.2, -0.15) is 0 Å². The average Bonchev–Trinajstić information content (AvgIpc) is 2.53. The van der Waals surface area contributed by atoms with Gasteiger partial charge in [0, 0.05) is 11.4 Å². The van der Waals surface area contributed by atoms with E-state index in [2.05, 4.69) is 10.3 Å². The summed E-state index contributed by atoms with van der Waals surface area (Å²) in [6.45, 7) is 4.16. The fraction of sp³-hybridized carbons (Fsp3) is 0.235. The second-order valence-electron chi connectivity index (χ2n) is 4.83. The summed E-state index contributed by atoms with van der Waals surface area (Å²) in [7, 11) is 0. The highest BCUT2D eigenvalue weighted by atomic mass is 16.5. The Kier molecular flexibility index (Phi) is 5.25. The summed E-state index contributed by atoms with van der Waals surface area (Å²) in [5.74, 6) is -0.648. The van der Waals surface area contributed by atoms with Gasteiger partial charge < -0.3 is 10.1 Å². The van der Waals surface area contributed by atoms with E-state index in [1.165, 1.54) is 0 Å². The van der Waals surface area contributed by atoms with Crippen LogP contribution in [0.5, 0.6) is 0 Å². The maximum atomic E-state index is 12.1. The van der Waals surface area contributed by atoms with Crippen LogP contribution in [0, 0.1) is 6.92 Å². The molecule has 5 nitrogen and oxygen atoms in total. The molecule has 0 aliphatic carbocycles. The van der Waals surface area contributed by atoms with Gasteiger partial charge in [0.1, 0.15) is 5.69 Å². The molecule has 0 fully saturated rings. The summed E-state index contributed by atoms with van der Waals surface area (Å²) in [6.07, 6.45) is 0.781. The quantitative estimate of drug-likeness (QED) is 0.861. The van der Waals surface area contributed by atoms with E-state index in [1.54, 1.807) is 36.4 Å². The minimum absolute atomic E-state index is 0.287. The van der Waals surface area contributed by atoms with Crippen LogP contribution in [0.2, 0.25) is 0 Å². The second-order valence-corrected chi connectivity index (χ2v) is 4.83. The van der Waals surface area contributed by atoms with Crippen molar-refractivity contribution in [3.63, 3.8) is 0 Å². The summed E-state index contributed by atoms with van der Waals surface area (Å²) in [4.78, 5) is 27.9. The lowest BCUT2D eigenvalue weighted by molar-refractivity contribution is 0.0505. The smallest absolute Gasteiger partial charge is 0.338 e. The molecule has 114 valence electrons. The van der Waals surface area contributed by atoms with Crippen LogP contribution in [0.4, 0.5) is 5.69 Å². The molecular formula is C17H18N2O3. The van der Waals surface area contributed by atoms with E-state index in [9.17, 15) is 9.59 Å². The zero-order chi connectivity index (χ0) is 15.9. The van der Waals surface area contributed by atoms with E-state index < -0.39 is 0 Å². The van der Waals surface area contributed by atoms with Gasteiger partial charge in [-0.3, -0.25) is 4.79 Å². The number of rotatable bonds is 5. The minimum atomic E-state index is -0.361. The fourth-order valence-corrected chi connectivity index (χ4v) is 1.83. The molecule has 0 aliphatic heterocycles. The third-order valence-electron chi connectivity index (χ3n) is 2.94. The van der Waals surface area contributed by atoms with E-state index in [0.717, 1.165) is 12.1 Å². The third kappa shape index (κ3) is 4.15. The zero-order valence-electron chi connectivity index (χ0n) is 12.6. The van der Waals surface area contributed by atoms with Crippen molar-refractivity contribution in [3.8, 4) is 0 Å². The van der Waals surface area contributed by atoms with Crippen LogP contribution in [-0.4, -0.2) is 23.5 Å². The van der Waals surface area contributed by atoms with Gasteiger partial charge in [-0.15, -0.1) is 0 Å². The SMILES string of the molecule is CCCOC(=O)c1ccc(NC(=O)c2cccc(C)n2)cc1. The molecule has 0 radical (unpaired) electrons. The van der Waals surface area contributed by atoms with Gasteiger partial charge in [0.2, 0.25) is 0 Å². The number of aryl methyl sites for hydroxylation is 1. The van der Waals surface area contributed by atoms with E-state index in [0.29, 0.717) is 23.6 Å². The monoisotopic (exact) mass is 298 g/mol. The number of carbonyl (C=O) groups excluding carboxylic acids is 2. The van der Waals surface area contributed by atoms with Crippen molar-refractivity contribution in [2.45, 2.75) is 20.3 Å². The number of amides is 1. The molecule has 1 aromatic carbocycles. The largest absolute Gasteiger partial charge is 0.462 e. The van der Waals surface area contributed by atoms with Crippen molar-refractivity contribution in [3.05, 3.63) is 59.4 Å². The number of aromatic nitrogens is 1. The van der Waals surface area contributed by atoms with Crippen LogP contribution < -0.4 is 5.32 Å². The fourth-order valence-electron chi connectivity index (χ4n) is 1.83. The molecule has 1 heterocycles. The minimum Gasteiger partial charge on any atom is -0.462 e. The van der Waals surface area contributed by atoms with Gasteiger partial charge in [0.05, 0.1) is 12.2 Å². The molecule has 1 aromatic heterocycles. The number of hydrogen-bond donors (Lipinski definition) is 1. The summed E-state index contributed by atoms with van der Waals surface area (Å²) >= 11 is 0. The van der Waals surface area contributed by atoms with E-state index in [-0.39, 0.29) is 11.9 Å². The molecule has 0 spiro atoms. The van der Waals surface area contributed by atoms with Crippen molar-refractivity contribution in [2.75, 3.05) is 11.9 Å². The molecule has 0 bridgehead atoms. The first kappa shape index (κ1) is 15.7. The maximum Gasteiger partial charge on any atom is 0.338 e. The Bertz CT molecular complexity index is 666. The molecule has 1 N–H and O–H groups in total. The lowest BCUT2D eigenvalue weighted by Gasteiger charge is -2.07. The average molecular weight is 298 g/mol. The van der Waals surface area contributed by atoms with Crippen molar-refractivity contribution in [1.29, 1.82) is 0 Å². The molecule has 1 amide bonds. The van der Waals surface area contributed by atoms with Gasteiger partial charge in [0.15, 0.2) is 0 Å². The Labute approximate surface area is 129 Å². The highest BCUT2D eigenvalue weighted by Crippen LogP contribution is 2.12. The van der Waals surface area contributed by atoms with Crippen LogP contribution >= 0.6 is 0 Å². The summed E-state index contributed by atoms with van der Waals surface area (Å²) in [6, 6.07) is 11.8. The Balaban J connectivity index is 2.02. The predicted molar refractivity (Wildman–Crippen MR) is 83.9 cm³/mol. The maximum absolute atomic E-state index is 12.1. The number of pyridine rings is 1. The first-order chi connectivity index (χ1) is 10.6. The van der Waals surface area contributed by atoms with Crippen LogP contribution in [0.3, 0.4) is 0 Å². The zero-order valence-corrected chi connectivity index (χ0v) is 12.6. The highest BCUT2D eigenvalue weighted by molar-refractivity contribution is 6.03. The molecule has 0 aliphatic rings. The number of esters is 1. The first-order valence-electron chi connectivity index (χ1n) is 7.12. The summed E-state index contributed by atoms with van der Waals surface area (Å²) in [5, 5.41) is 2.74. The number of carbonyl (C=O) groups is 2. The number of nitrogens with zero attached hydrogens (tertiary/aromatic N) is 1. The van der Waals surface area contributed by atoms with Crippen LogP contribution in [-0.2, 0) is 4.74 Å². The number of benzene rings is 1. The predicted octanol–water partition coefficient (Wildman–Crippen LogP) is 3.21. The third-order valence-corrected chi connectivity index (χ3v) is 2.94. The normalized spacial score (nSPS) is 10.1. The molecule has 2 rings (SSSR count). The van der Waals surface area contributed by atoms with Gasteiger partial charge in [-0.1, -0.05) is 13.0 Å². The van der Waals surface area contributed by atoms with E-state index >= 15 is 0 Å². The number of hydrogen-bond acceptors (Lipinski definition) is 4. The molecule has 22 heavy (non-hydrogen) atoms. The Morgan fingerprint density at radius 3 is 2.50 bits per heavy atom. The lowest BCUT2D eigenvalue weighted by atomic mass is 10.2. The first-order valence-corrected chi connectivity index (χ1v) is 7.12. The standard InChI is InChI=1S/C17H18N2O3/c1-3-11-22-17(21)13-7-9-14(10-8-13)19-16(20)15-6-4-5-12(2)18-15/h4-10H,3,11H2,1-2H3,(H,19,20). The lowest BCUT2D eigenvalue weighted by Crippen LogP contribution is -2.14. The van der Waals surface area contributed by atoms with Crippen molar-refractivity contribution in [1.82, 2.24) is 4.98 Å². The van der Waals surface area contributed by atoms with Crippen molar-refractivity contribution in [2.24, 2.45) is 0 Å². The summed E-state index contributed by atoms with van der Waals surface area (Å²) in [5.41, 5.74) is 2.19. The molecule has 0 saturated heterocycles.